The lowest BCUT2D eigenvalue weighted by molar-refractivity contribution is -0.129. The smallest absolute Gasteiger partial charge is 0.222 e. The summed E-state index contributed by atoms with van der Waals surface area (Å²) in [5.41, 5.74) is 1.09. The molecule has 1 aliphatic heterocycles. The van der Waals surface area contributed by atoms with E-state index < -0.39 is 0 Å². The molecule has 2 N–H and O–H groups in total. The second-order valence-electron chi connectivity index (χ2n) is 6.50. The number of hydrogen-bond donors (Lipinski definition) is 2. The molecule has 1 atom stereocenters. The third kappa shape index (κ3) is 6.03. The van der Waals surface area contributed by atoms with E-state index in [1.165, 1.54) is 9.71 Å². The summed E-state index contributed by atoms with van der Waals surface area (Å²) in [6, 6.07) is 8.55. The third-order valence-electron chi connectivity index (χ3n) is 4.61. The van der Waals surface area contributed by atoms with E-state index in [0.717, 1.165) is 50.4 Å². The Morgan fingerprint density at radius 2 is 2.22 bits per heavy atom. The second-order valence-corrected chi connectivity index (χ2v) is 7.62. The predicted octanol–water partition coefficient (Wildman–Crippen LogP) is 3.02. The van der Waals surface area contributed by atoms with Gasteiger partial charge in [-0.3, -0.25) is 9.79 Å². The van der Waals surface area contributed by atoms with Gasteiger partial charge in [0.05, 0.1) is 15.2 Å². The maximum absolute atomic E-state index is 11.8. The topological polar surface area (TPSA) is 69.6 Å². The van der Waals surface area contributed by atoms with Gasteiger partial charge in [-0.25, -0.2) is 4.98 Å². The van der Waals surface area contributed by atoms with E-state index in [1.807, 2.05) is 17.9 Å². The fraction of sp³-hybridized carbons (Fsp3) is 0.526. The van der Waals surface area contributed by atoms with Crippen LogP contribution in [0.4, 0.5) is 0 Å². The SMILES string of the molecule is CCC(=O)N1CCC(NC(=NC)NCCCc2nc3ccccc3s2)C1.I. The Bertz CT molecular complexity index is 745. The van der Waals surface area contributed by atoms with E-state index in [1.54, 1.807) is 18.4 Å². The van der Waals surface area contributed by atoms with Crippen molar-refractivity contribution >= 4 is 57.4 Å². The molecule has 1 aromatic carbocycles. The molecule has 0 bridgehead atoms. The summed E-state index contributed by atoms with van der Waals surface area (Å²) in [6.45, 7) is 4.35. The number of carbonyl (C=O) groups is 1. The zero-order chi connectivity index (χ0) is 18.4. The first-order valence-electron chi connectivity index (χ1n) is 9.29. The Morgan fingerprint density at radius 1 is 1.41 bits per heavy atom. The molecule has 0 saturated carbocycles. The maximum Gasteiger partial charge on any atom is 0.222 e. The number of halogens is 1. The maximum atomic E-state index is 11.8. The molecular formula is C19H28IN5OS. The molecule has 2 aromatic rings. The summed E-state index contributed by atoms with van der Waals surface area (Å²) in [5, 5.41) is 7.98. The number of rotatable bonds is 6. The molecule has 0 radical (unpaired) electrons. The first-order chi connectivity index (χ1) is 12.7. The number of benzene rings is 1. The van der Waals surface area contributed by atoms with Gasteiger partial charge in [-0.1, -0.05) is 19.1 Å². The minimum atomic E-state index is 0. The van der Waals surface area contributed by atoms with Crippen molar-refractivity contribution in [3.8, 4) is 0 Å². The van der Waals surface area contributed by atoms with Gasteiger partial charge in [0.1, 0.15) is 0 Å². The monoisotopic (exact) mass is 501 g/mol. The van der Waals surface area contributed by atoms with Crippen molar-refractivity contribution in [1.29, 1.82) is 0 Å². The van der Waals surface area contributed by atoms with Crippen molar-refractivity contribution in [1.82, 2.24) is 20.5 Å². The molecule has 148 valence electrons. The normalized spacial score (nSPS) is 17.0. The Kier molecular flexibility index (Phi) is 8.75. The zero-order valence-corrected chi connectivity index (χ0v) is 19.0. The molecule has 0 aliphatic carbocycles. The number of nitrogens with one attached hydrogen (secondary N) is 2. The van der Waals surface area contributed by atoms with Gasteiger partial charge in [0.2, 0.25) is 5.91 Å². The van der Waals surface area contributed by atoms with Crippen LogP contribution >= 0.6 is 35.3 Å². The predicted molar refractivity (Wildman–Crippen MR) is 123 cm³/mol. The van der Waals surface area contributed by atoms with Crippen molar-refractivity contribution in [3.05, 3.63) is 29.3 Å². The van der Waals surface area contributed by atoms with Crippen molar-refractivity contribution in [2.45, 2.75) is 38.6 Å². The van der Waals surface area contributed by atoms with Gasteiger partial charge in [0.15, 0.2) is 5.96 Å². The number of thiazole rings is 1. The second kappa shape index (κ2) is 10.8. The van der Waals surface area contributed by atoms with Gasteiger partial charge in [0.25, 0.3) is 0 Å². The van der Waals surface area contributed by atoms with Crippen LogP contribution in [0.2, 0.25) is 0 Å². The Hall–Kier alpha value is -1.42. The number of guanidine groups is 1. The number of aliphatic imine (C=N–C) groups is 1. The van der Waals surface area contributed by atoms with Gasteiger partial charge in [-0.15, -0.1) is 35.3 Å². The van der Waals surface area contributed by atoms with Crippen LogP contribution in [0, 0.1) is 0 Å². The lowest BCUT2D eigenvalue weighted by atomic mass is 10.2. The molecular weight excluding hydrogens is 473 g/mol. The molecule has 1 saturated heterocycles. The van der Waals surface area contributed by atoms with Crippen molar-refractivity contribution < 1.29 is 4.79 Å². The van der Waals surface area contributed by atoms with Crippen LogP contribution in [-0.4, -0.2) is 54.5 Å². The van der Waals surface area contributed by atoms with Crippen molar-refractivity contribution in [2.24, 2.45) is 4.99 Å². The van der Waals surface area contributed by atoms with E-state index in [-0.39, 0.29) is 35.9 Å². The minimum absolute atomic E-state index is 0. The summed E-state index contributed by atoms with van der Waals surface area (Å²) >= 11 is 1.77. The Labute approximate surface area is 181 Å². The van der Waals surface area contributed by atoms with Crippen LogP contribution in [0.1, 0.15) is 31.2 Å². The summed E-state index contributed by atoms with van der Waals surface area (Å²) in [7, 11) is 1.78. The summed E-state index contributed by atoms with van der Waals surface area (Å²) in [6.07, 6.45) is 3.51. The summed E-state index contributed by atoms with van der Waals surface area (Å²) in [4.78, 5) is 22.7. The minimum Gasteiger partial charge on any atom is -0.356 e. The molecule has 2 heterocycles. The first-order valence-corrected chi connectivity index (χ1v) is 10.1. The van der Waals surface area contributed by atoms with E-state index >= 15 is 0 Å². The van der Waals surface area contributed by atoms with Gasteiger partial charge >= 0.3 is 0 Å². The third-order valence-corrected chi connectivity index (χ3v) is 5.70. The van der Waals surface area contributed by atoms with Crippen LogP contribution in [0.25, 0.3) is 10.2 Å². The van der Waals surface area contributed by atoms with Gasteiger partial charge in [-0.05, 0) is 25.0 Å². The number of amides is 1. The lowest BCUT2D eigenvalue weighted by Crippen LogP contribution is -2.45. The standard InChI is InChI=1S/C19H27N5OS.HI/c1-3-18(25)24-12-10-14(13-24)22-19(20-2)21-11-6-9-17-23-15-7-4-5-8-16(15)26-17;/h4-5,7-8,14H,3,6,9-13H2,1-2H3,(H2,20,21,22);1H. The van der Waals surface area contributed by atoms with Crippen LogP contribution in [0.3, 0.4) is 0 Å². The van der Waals surface area contributed by atoms with Crippen LogP contribution in [-0.2, 0) is 11.2 Å². The van der Waals surface area contributed by atoms with E-state index in [9.17, 15) is 4.79 Å². The van der Waals surface area contributed by atoms with Crippen LogP contribution in [0.5, 0.6) is 0 Å². The molecule has 1 fully saturated rings. The fourth-order valence-corrected chi connectivity index (χ4v) is 4.20. The highest BCUT2D eigenvalue weighted by atomic mass is 127. The number of hydrogen-bond acceptors (Lipinski definition) is 4. The highest BCUT2D eigenvalue weighted by molar-refractivity contribution is 14.0. The Morgan fingerprint density at radius 3 is 2.96 bits per heavy atom. The van der Waals surface area contributed by atoms with E-state index in [0.29, 0.717) is 6.42 Å². The molecule has 1 aliphatic rings. The molecule has 3 rings (SSSR count). The molecule has 8 heteroatoms. The summed E-state index contributed by atoms with van der Waals surface area (Å²) < 4.78 is 1.25. The average molecular weight is 501 g/mol. The van der Waals surface area contributed by atoms with Crippen LogP contribution < -0.4 is 10.6 Å². The molecule has 1 aromatic heterocycles. The average Bonchev–Trinajstić information content (AvgIpc) is 3.29. The molecule has 1 unspecified atom stereocenters. The molecule has 0 spiro atoms. The quantitative estimate of drug-likeness (QED) is 0.277. The number of carbonyl (C=O) groups excluding carboxylic acids is 1. The highest BCUT2D eigenvalue weighted by Crippen LogP contribution is 2.22. The number of nitrogens with zero attached hydrogens (tertiary/aromatic N) is 3. The van der Waals surface area contributed by atoms with Crippen molar-refractivity contribution in [2.75, 3.05) is 26.7 Å². The number of aromatic nitrogens is 1. The number of likely N-dealkylation sites (tertiary alicyclic amines) is 1. The van der Waals surface area contributed by atoms with Crippen molar-refractivity contribution in [3.63, 3.8) is 0 Å². The molecule has 6 nitrogen and oxygen atoms in total. The molecule has 27 heavy (non-hydrogen) atoms. The summed E-state index contributed by atoms with van der Waals surface area (Å²) in [5.74, 6) is 1.04. The fourth-order valence-electron chi connectivity index (χ4n) is 3.19. The zero-order valence-electron chi connectivity index (χ0n) is 15.9. The van der Waals surface area contributed by atoms with Gasteiger partial charge in [0, 0.05) is 45.6 Å². The first kappa shape index (κ1) is 21.9. The van der Waals surface area contributed by atoms with Gasteiger partial charge < -0.3 is 15.5 Å². The highest BCUT2D eigenvalue weighted by Gasteiger charge is 2.25. The largest absolute Gasteiger partial charge is 0.356 e. The van der Waals surface area contributed by atoms with Crippen LogP contribution in [0.15, 0.2) is 29.3 Å². The van der Waals surface area contributed by atoms with E-state index in [2.05, 4.69) is 38.8 Å². The number of fused-ring (bicyclic) bond motifs is 1. The molecule has 1 amide bonds. The van der Waals surface area contributed by atoms with Gasteiger partial charge in [-0.2, -0.15) is 0 Å². The number of aryl methyl sites for hydroxylation is 1. The lowest BCUT2D eigenvalue weighted by Gasteiger charge is -2.18. The number of para-hydroxylation sites is 1. The van der Waals surface area contributed by atoms with E-state index in [4.69, 9.17) is 0 Å². The Balaban J connectivity index is 0.00000261.